The number of aliphatic carboxylic acids is 1. The second-order valence-electron chi connectivity index (χ2n) is 5.95. The zero-order valence-electron chi connectivity index (χ0n) is 12.7. The number of carbonyl (C=O) groups excluding carboxylic acids is 1. The lowest BCUT2D eigenvalue weighted by Gasteiger charge is -2.27. The predicted octanol–water partition coefficient (Wildman–Crippen LogP) is 3.58. The third-order valence-corrected chi connectivity index (χ3v) is 3.49. The number of nitrogens with zero attached hydrogens (tertiary/aromatic N) is 1. The van der Waals surface area contributed by atoms with Gasteiger partial charge in [-0.3, -0.25) is 9.59 Å². The Morgan fingerprint density at radius 2 is 1.95 bits per heavy atom. The van der Waals surface area contributed by atoms with E-state index in [4.69, 9.17) is 16.7 Å². The Balaban J connectivity index is 2.71. The topological polar surface area (TPSA) is 57.6 Å². The van der Waals surface area contributed by atoms with Gasteiger partial charge in [0.2, 0.25) is 5.91 Å². The number of amides is 1. The van der Waals surface area contributed by atoms with Crippen molar-refractivity contribution < 1.29 is 14.7 Å². The summed E-state index contributed by atoms with van der Waals surface area (Å²) >= 11 is 5.95. The van der Waals surface area contributed by atoms with E-state index in [0.717, 1.165) is 5.56 Å². The number of hydrogen-bond donors (Lipinski definition) is 1. The maximum absolute atomic E-state index is 12.4. The van der Waals surface area contributed by atoms with Gasteiger partial charge >= 0.3 is 5.97 Å². The van der Waals surface area contributed by atoms with Gasteiger partial charge in [-0.15, -0.1) is 0 Å². The van der Waals surface area contributed by atoms with Crippen molar-refractivity contribution in [2.45, 2.75) is 40.2 Å². The highest BCUT2D eigenvalue weighted by molar-refractivity contribution is 6.30. The van der Waals surface area contributed by atoms with E-state index >= 15 is 0 Å². The molecule has 0 radical (unpaired) electrons. The van der Waals surface area contributed by atoms with E-state index in [0.29, 0.717) is 18.1 Å². The molecule has 0 aromatic heterocycles. The number of rotatable bonds is 7. The summed E-state index contributed by atoms with van der Waals surface area (Å²) < 4.78 is 0. The van der Waals surface area contributed by atoms with Gasteiger partial charge in [-0.25, -0.2) is 0 Å². The number of halogens is 1. The monoisotopic (exact) mass is 311 g/mol. The first kappa shape index (κ1) is 17.5. The van der Waals surface area contributed by atoms with Gasteiger partial charge in [0.25, 0.3) is 0 Å². The Morgan fingerprint density at radius 1 is 1.29 bits per heavy atom. The van der Waals surface area contributed by atoms with E-state index in [1.54, 1.807) is 24.8 Å². The summed E-state index contributed by atoms with van der Waals surface area (Å²) in [5.74, 6) is -0.922. The molecule has 1 aromatic carbocycles. The quantitative estimate of drug-likeness (QED) is 0.837. The normalized spacial score (nSPS) is 11.2. The number of carboxylic acid groups (broad SMARTS) is 1. The van der Waals surface area contributed by atoms with Crippen LogP contribution in [0.1, 0.15) is 39.2 Å². The highest BCUT2D eigenvalue weighted by atomic mass is 35.5. The molecule has 116 valence electrons. The second-order valence-corrected chi connectivity index (χ2v) is 6.39. The summed E-state index contributed by atoms with van der Waals surface area (Å²) in [6.07, 6.45) is 0.196. The minimum atomic E-state index is -0.884. The smallest absolute Gasteiger partial charge is 0.303 e. The molecule has 0 bridgehead atoms. The lowest BCUT2D eigenvalue weighted by molar-refractivity contribution is -0.140. The first-order valence-electron chi connectivity index (χ1n) is 6.97. The van der Waals surface area contributed by atoms with Crippen LogP contribution in [0.25, 0.3) is 0 Å². The van der Waals surface area contributed by atoms with Crippen LogP contribution < -0.4 is 0 Å². The Labute approximate surface area is 130 Å². The highest BCUT2D eigenvalue weighted by Crippen LogP contribution is 2.26. The Morgan fingerprint density at radius 3 is 2.48 bits per heavy atom. The van der Waals surface area contributed by atoms with Crippen molar-refractivity contribution in [3.63, 3.8) is 0 Å². The molecule has 4 nitrogen and oxygen atoms in total. The van der Waals surface area contributed by atoms with E-state index in [9.17, 15) is 9.59 Å². The largest absolute Gasteiger partial charge is 0.481 e. The molecule has 0 aliphatic heterocycles. The van der Waals surface area contributed by atoms with Crippen LogP contribution in [0, 0.1) is 5.41 Å². The zero-order chi connectivity index (χ0) is 16.0. The van der Waals surface area contributed by atoms with Gasteiger partial charge in [0.15, 0.2) is 0 Å². The SMILES string of the molecule is CCN(Cc1cccc(Cl)c1)C(=O)CC(C)(C)CC(=O)O. The van der Waals surface area contributed by atoms with Crippen LogP contribution in [0.15, 0.2) is 24.3 Å². The maximum Gasteiger partial charge on any atom is 0.303 e. The van der Waals surface area contributed by atoms with Crippen LogP contribution in [0.2, 0.25) is 5.02 Å². The number of carbonyl (C=O) groups is 2. The minimum Gasteiger partial charge on any atom is -0.481 e. The molecule has 1 N–H and O–H groups in total. The molecule has 0 atom stereocenters. The van der Waals surface area contributed by atoms with Crippen molar-refractivity contribution in [3.05, 3.63) is 34.9 Å². The Kier molecular flexibility index (Phi) is 6.21. The Hall–Kier alpha value is -1.55. The molecule has 0 spiro atoms. The molecule has 0 heterocycles. The third kappa shape index (κ3) is 6.17. The first-order valence-corrected chi connectivity index (χ1v) is 7.35. The molecular formula is C16H22ClNO3. The minimum absolute atomic E-state index is 0.0204. The molecule has 0 aliphatic rings. The van der Waals surface area contributed by atoms with Crippen LogP contribution in [0.5, 0.6) is 0 Å². The second kappa shape index (κ2) is 7.46. The first-order chi connectivity index (χ1) is 9.73. The maximum atomic E-state index is 12.4. The van der Waals surface area contributed by atoms with E-state index in [-0.39, 0.29) is 18.7 Å². The average molecular weight is 312 g/mol. The van der Waals surface area contributed by atoms with Crippen LogP contribution in [0.4, 0.5) is 0 Å². The van der Waals surface area contributed by atoms with Gasteiger partial charge in [-0.2, -0.15) is 0 Å². The molecule has 1 aromatic rings. The highest BCUT2D eigenvalue weighted by Gasteiger charge is 2.27. The molecule has 0 saturated heterocycles. The van der Waals surface area contributed by atoms with Crippen molar-refractivity contribution in [1.82, 2.24) is 4.90 Å². The Bertz CT molecular complexity index is 514. The van der Waals surface area contributed by atoms with E-state index in [2.05, 4.69) is 0 Å². The van der Waals surface area contributed by atoms with E-state index in [1.165, 1.54) is 0 Å². The summed E-state index contributed by atoms with van der Waals surface area (Å²) in [6, 6.07) is 7.40. The fraction of sp³-hybridized carbons (Fsp3) is 0.500. The van der Waals surface area contributed by atoms with Gasteiger partial charge < -0.3 is 10.0 Å². The summed E-state index contributed by atoms with van der Waals surface area (Å²) in [5.41, 5.74) is 0.416. The lowest BCUT2D eigenvalue weighted by Crippen LogP contribution is -2.34. The van der Waals surface area contributed by atoms with Gasteiger partial charge in [-0.05, 0) is 30.0 Å². The van der Waals surface area contributed by atoms with Gasteiger partial charge in [0, 0.05) is 24.5 Å². The third-order valence-electron chi connectivity index (χ3n) is 3.26. The number of carboxylic acids is 1. The molecule has 1 amide bonds. The summed E-state index contributed by atoms with van der Waals surface area (Å²) in [7, 11) is 0. The van der Waals surface area contributed by atoms with E-state index < -0.39 is 11.4 Å². The van der Waals surface area contributed by atoms with Crippen molar-refractivity contribution in [2.75, 3.05) is 6.54 Å². The van der Waals surface area contributed by atoms with Gasteiger partial charge in [0.05, 0.1) is 6.42 Å². The summed E-state index contributed by atoms with van der Waals surface area (Å²) in [5, 5.41) is 9.52. The molecule has 0 unspecified atom stereocenters. The van der Waals surface area contributed by atoms with Gasteiger partial charge in [-0.1, -0.05) is 37.6 Å². The molecule has 21 heavy (non-hydrogen) atoms. The average Bonchev–Trinajstić information content (AvgIpc) is 2.33. The van der Waals surface area contributed by atoms with Crippen molar-refractivity contribution in [2.24, 2.45) is 5.41 Å². The molecule has 0 saturated carbocycles. The number of hydrogen-bond acceptors (Lipinski definition) is 2. The van der Waals surface area contributed by atoms with Crippen LogP contribution in [-0.2, 0) is 16.1 Å². The van der Waals surface area contributed by atoms with E-state index in [1.807, 2.05) is 25.1 Å². The van der Waals surface area contributed by atoms with Crippen molar-refractivity contribution in [1.29, 1.82) is 0 Å². The molecule has 5 heteroatoms. The molecule has 1 rings (SSSR count). The lowest BCUT2D eigenvalue weighted by atomic mass is 9.85. The zero-order valence-corrected chi connectivity index (χ0v) is 13.5. The fourth-order valence-corrected chi connectivity index (χ4v) is 2.44. The molecule has 0 fully saturated rings. The predicted molar refractivity (Wildman–Crippen MR) is 83.2 cm³/mol. The van der Waals surface area contributed by atoms with Crippen LogP contribution >= 0.6 is 11.6 Å². The van der Waals surface area contributed by atoms with Crippen LogP contribution in [-0.4, -0.2) is 28.4 Å². The standard InChI is InChI=1S/C16H22ClNO3/c1-4-18(11-12-6-5-7-13(17)8-12)14(19)9-16(2,3)10-15(20)21/h5-8H,4,9-11H2,1-3H3,(H,20,21). The number of benzene rings is 1. The van der Waals surface area contributed by atoms with Crippen molar-refractivity contribution in [3.8, 4) is 0 Å². The summed E-state index contributed by atoms with van der Waals surface area (Å²) in [6.45, 7) is 6.57. The fourth-order valence-electron chi connectivity index (χ4n) is 2.23. The summed E-state index contributed by atoms with van der Waals surface area (Å²) in [4.78, 5) is 24.9. The van der Waals surface area contributed by atoms with Gasteiger partial charge in [0.1, 0.15) is 0 Å². The van der Waals surface area contributed by atoms with Crippen LogP contribution in [0.3, 0.4) is 0 Å². The molecular weight excluding hydrogens is 290 g/mol. The van der Waals surface area contributed by atoms with Crippen molar-refractivity contribution >= 4 is 23.5 Å². The molecule has 0 aliphatic carbocycles.